The molecule has 120 valence electrons. The highest BCUT2D eigenvalue weighted by Crippen LogP contribution is 2.20. The zero-order valence-corrected chi connectivity index (χ0v) is 12.9. The van der Waals surface area contributed by atoms with E-state index in [1.54, 1.807) is 12.4 Å². The molecule has 1 saturated heterocycles. The summed E-state index contributed by atoms with van der Waals surface area (Å²) in [5.41, 5.74) is 0. The van der Waals surface area contributed by atoms with Gasteiger partial charge in [0.25, 0.3) is 0 Å². The van der Waals surface area contributed by atoms with Crippen molar-refractivity contribution in [3.63, 3.8) is 0 Å². The fraction of sp³-hybridized carbons (Fsp3) is 0.688. The number of carbonyl (C=O) groups is 1. The van der Waals surface area contributed by atoms with Crippen LogP contribution in [0.1, 0.15) is 38.5 Å². The van der Waals surface area contributed by atoms with Crippen LogP contribution in [0.5, 0.6) is 0 Å². The minimum absolute atomic E-state index is 0.00673. The van der Waals surface area contributed by atoms with Crippen molar-refractivity contribution >= 4 is 11.9 Å². The van der Waals surface area contributed by atoms with Crippen LogP contribution in [-0.2, 0) is 9.53 Å². The molecule has 0 unspecified atom stereocenters. The fourth-order valence-corrected chi connectivity index (χ4v) is 3.25. The molecule has 1 atom stereocenters. The molecule has 6 heteroatoms. The number of ether oxygens (including phenoxy) is 1. The van der Waals surface area contributed by atoms with E-state index in [0.717, 1.165) is 44.7 Å². The van der Waals surface area contributed by atoms with Gasteiger partial charge in [-0.15, -0.1) is 0 Å². The van der Waals surface area contributed by atoms with Crippen molar-refractivity contribution in [2.45, 2.75) is 50.7 Å². The van der Waals surface area contributed by atoms with E-state index < -0.39 is 0 Å². The highest BCUT2D eigenvalue weighted by molar-refractivity contribution is 5.77. The second-order valence-corrected chi connectivity index (χ2v) is 6.12. The maximum Gasteiger partial charge on any atom is 0.246 e. The number of nitrogens with zero attached hydrogens (tertiary/aromatic N) is 3. The van der Waals surface area contributed by atoms with E-state index in [1.165, 1.54) is 12.8 Å². The third kappa shape index (κ3) is 4.16. The average molecular weight is 304 g/mol. The second kappa shape index (κ2) is 7.54. The standard InChI is InChI=1S/C16H24N4O2/c21-15(12-22-14-6-1-2-7-14)19-13-5-3-10-20(11-13)16-17-8-4-9-18-16/h4,8-9,13-14H,1-3,5-7,10-12H2,(H,19,21)/t13-/m0/s1. The Labute approximate surface area is 131 Å². The topological polar surface area (TPSA) is 67.3 Å². The van der Waals surface area contributed by atoms with Gasteiger partial charge in [-0.3, -0.25) is 4.79 Å². The monoisotopic (exact) mass is 304 g/mol. The summed E-state index contributed by atoms with van der Waals surface area (Å²) in [4.78, 5) is 22.7. The Hall–Kier alpha value is -1.69. The van der Waals surface area contributed by atoms with Crippen molar-refractivity contribution in [2.75, 3.05) is 24.6 Å². The van der Waals surface area contributed by atoms with E-state index in [2.05, 4.69) is 20.2 Å². The van der Waals surface area contributed by atoms with Gasteiger partial charge in [-0.2, -0.15) is 0 Å². The number of piperidine rings is 1. The fourth-order valence-electron chi connectivity index (χ4n) is 3.25. The molecule has 0 spiro atoms. The van der Waals surface area contributed by atoms with Crippen LogP contribution in [0.2, 0.25) is 0 Å². The number of rotatable bonds is 5. The zero-order chi connectivity index (χ0) is 15.2. The van der Waals surface area contributed by atoms with Crippen molar-refractivity contribution in [1.82, 2.24) is 15.3 Å². The van der Waals surface area contributed by atoms with Gasteiger partial charge in [0.05, 0.1) is 6.10 Å². The van der Waals surface area contributed by atoms with Gasteiger partial charge in [-0.1, -0.05) is 12.8 Å². The molecule has 2 fully saturated rings. The lowest BCUT2D eigenvalue weighted by atomic mass is 10.1. The van der Waals surface area contributed by atoms with Crippen LogP contribution in [0, 0.1) is 0 Å². The summed E-state index contributed by atoms with van der Waals surface area (Å²) in [7, 11) is 0. The first-order valence-corrected chi connectivity index (χ1v) is 8.24. The molecule has 1 aromatic rings. The maximum atomic E-state index is 12.0. The molecule has 2 aliphatic rings. The van der Waals surface area contributed by atoms with Crippen LogP contribution >= 0.6 is 0 Å². The van der Waals surface area contributed by atoms with E-state index >= 15 is 0 Å². The Bertz CT molecular complexity index is 476. The molecular formula is C16H24N4O2. The lowest BCUT2D eigenvalue weighted by Crippen LogP contribution is -2.49. The molecule has 6 nitrogen and oxygen atoms in total. The second-order valence-electron chi connectivity index (χ2n) is 6.12. The quantitative estimate of drug-likeness (QED) is 0.893. The molecule has 1 aliphatic heterocycles. The molecule has 1 aromatic heterocycles. The van der Waals surface area contributed by atoms with Crippen LogP contribution in [0.3, 0.4) is 0 Å². The van der Waals surface area contributed by atoms with Crippen molar-refractivity contribution < 1.29 is 9.53 Å². The molecule has 3 rings (SSSR count). The summed E-state index contributed by atoms with van der Waals surface area (Å²) in [6.07, 6.45) is 10.4. The van der Waals surface area contributed by atoms with Crippen molar-refractivity contribution in [3.8, 4) is 0 Å². The van der Waals surface area contributed by atoms with E-state index in [1.807, 2.05) is 6.07 Å². The third-order valence-electron chi connectivity index (χ3n) is 4.37. The van der Waals surface area contributed by atoms with Gasteiger partial charge in [0.2, 0.25) is 11.9 Å². The number of anilines is 1. The van der Waals surface area contributed by atoms with E-state index in [0.29, 0.717) is 0 Å². The molecule has 1 N–H and O–H groups in total. The summed E-state index contributed by atoms with van der Waals surface area (Å²) in [5.74, 6) is 0.733. The normalized spacial score (nSPS) is 22.7. The number of aromatic nitrogens is 2. The van der Waals surface area contributed by atoms with Crippen LogP contribution in [0.25, 0.3) is 0 Å². The number of carbonyl (C=O) groups excluding carboxylic acids is 1. The van der Waals surface area contributed by atoms with Gasteiger partial charge in [0.1, 0.15) is 6.61 Å². The number of hydrogen-bond acceptors (Lipinski definition) is 5. The van der Waals surface area contributed by atoms with Gasteiger partial charge in [0.15, 0.2) is 0 Å². The van der Waals surface area contributed by atoms with Crippen LogP contribution in [-0.4, -0.2) is 47.7 Å². The third-order valence-corrected chi connectivity index (χ3v) is 4.37. The Balaban J connectivity index is 1.44. The Kier molecular flexibility index (Phi) is 5.21. The van der Waals surface area contributed by atoms with Gasteiger partial charge < -0.3 is 15.0 Å². The first-order chi connectivity index (χ1) is 10.8. The molecule has 0 aromatic carbocycles. The van der Waals surface area contributed by atoms with Gasteiger partial charge in [0, 0.05) is 31.5 Å². The maximum absolute atomic E-state index is 12.0. The van der Waals surface area contributed by atoms with Crippen molar-refractivity contribution in [3.05, 3.63) is 18.5 Å². The summed E-state index contributed by atoms with van der Waals surface area (Å²) >= 11 is 0. The lowest BCUT2D eigenvalue weighted by molar-refractivity contribution is -0.128. The highest BCUT2D eigenvalue weighted by atomic mass is 16.5. The molecule has 22 heavy (non-hydrogen) atoms. The molecule has 0 radical (unpaired) electrons. The van der Waals surface area contributed by atoms with Gasteiger partial charge in [-0.25, -0.2) is 9.97 Å². The van der Waals surface area contributed by atoms with Crippen LogP contribution < -0.4 is 10.2 Å². The van der Waals surface area contributed by atoms with Crippen molar-refractivity contribution in [1.29, 1.82) is 0 Å². The average Bonchev–Trinajstić information content (AvgIpc) is 3.08. The van der Waals surface area contributed by atoms with Crippen molar-refractivity contribution in [2.24, 2.45) is 0 Å². The summed E-state index contributed by atoms with van der Waals surface area (Å²) in [5, 5.41) is 3.08. The van der Waals surface area contributed by atoms with Crippen LogP contribution in [0.4, 0.5) is 5.95 Å². The first kappa shape index (κ1) is 15.2. The SMILES string of the molecule is O=C(COC1CCCC1)N[C@H]1CCCN(c2ncccn2)C1. The molecule has 1 aliphatic carbocycles. The molecule has 1 amide bonds. The number of nitrogens with one attached hydrogen (secondary N) is 1. The summed E-state index contributed by atoms with van der Waals surface area (Å²) in [6.45, 7) is 1.89. The Morgan fingerprint density at radius 2 is 2.00 bits per heavy atom. The molecule has 0 bridgehead atoms. The zero-order valence-electron chi connectivity index (χ0n) is 12.9. The van der Waals surface area contributed by atoms with Gasteiger partial charge >= 0.3 is 0 Å². The van der Waals surface area contributed by atoms with Crippen LogP contribution in [0.15, 0.2) is 18.5 Å². The number of hydrogen-bond donors (Lipinski definition) is 1. The lowest BCUT2D eigenvalue weighted by Gasteiger charge is -2.33. The summed E-state index contributed by atoms with van der Waals surface area (Å²) < 4.78 is 5.67. The Morgan fingerprint density at radius 1 is 1.23 bits per heavy atom. The highest BCUT2D eigenvalue weighted by Gasteiger charge is 2.23. The smallest absolute Gasteiger partial charge is 0.246 e. The minimum atomic E-state index is -0.00673. The minimum Gasteiger partial charge on any atom is -0.368 e. The van der Waals surface area contributed by atoms with E-state index in [-0.39, 0.29) is 24.7 Å². The van der Waals surface area contributed by atoms with Gasteiger partial charge in [-0.05, 0) is 31.7 Å². The molecule has 1 saturated carbocycles. The molecule has 2 heterocycles. The first-order valence-electron chi connectivity index (χ1n) is 8.24. The predicted octanol–water partition coefficient (Wildman–Crippen LogP) is 1.52. The van der Waals surface area contributed by atoms with E-state index in [4.69, 9.17) is 4.74 Å². The predicted molar refractivity (Wildman–Crippen MR) is 83.6 cm³/mol. The largest absolute Gasteiger partial charge is 0.368 e. The Morgan fingerprint density at radius 3 is 2.77 bits per heavy atom. The number of amides is 1. The van der Waals surface area contributed by atoms with E-state index in [9.17, 15) is 4.79 Å². The summed E-state index contributed by atoms with van der Waals surface area (Å²) in [6, 6.07) is 1.96. The molecular weight excluding hydrogens is 280 g/mol.